The van der Waals surface area contributed by atoms with Gasteiger partial charge >= 0.3 is 0 Å². The van der Waals surface area contributed by atoms with Crippen molar-refractivity contribution in [3.8, 4) is 6.07 Å². The number of hydrogen-bond donors (Lipinski definition) is 1. The Morgan fingerprint density at radius 2 is 1.82 bits per heavy atom. The molecule has 92 valence electrons. The average molecular weight is 230 g/mol. The van der Waals surface area contributed by atoms with Gasteiger partial charge in [-0.25, -0.2) is 0 Å². The predicted octanol–water partition coefficient (Wildman–Crippen LogP) is 3.35. The minimum Gasteiger partial charge on any atom is -0.298 e. The van der Waals surface area contributed by atoms with Gasteiger partial charge in [0, 0.05) is 6.54 Å². The van der Waals surface area contributed by atoms with Crippen molar-refractivity contribution in [1.29, 1.82) is 5.26 Å². The van der Waals surface area contributed by atoms with Crippen LogP contribution in [0.25, 0.3) is 0 Å². The molecule has 2 nitrogen and oxygen atoms in total. The van der Waals surface area contributed by atoms with Gasteiger partial charge in [-0.1, -0.05) is 51.1 Å². The minimum absolute atomic E-state index is 0.0578. The topological polar surface area (TPSA) is 35.8 Å². The molecule has 0 saturated carbocycles. The lowest BCUT2D eigenvalue weighted by Gasteiger charge is -2.20. The molecule has 0 amide bonds. The number of nitriles is 1. The van der Waals surface area contributed by atoms with Gasteiger partial charge in [0.05, 0.1) is 12.1 Å². The van der Waals surface area contributed by atoms with Crippen molar-refractivity contribution in [2.24, 2.45) is 11.8 Å². The summed E-state index contributed by atoms with van der Waals surface area (Å²) in [5.74, 6) is 1.03. The zero-order valence-electron chi connectivity index (χ0n) is 11.0. The van der Waals surface area contributed by atoms with Gasteiger partial charge in [-0.15, -0.1) is 0 Å². The van der Waals surface area contributed by atoms with Gasteiger partial charge in [0.1, 0.15) is 0 Å². The van der Waals surface area contributed by atoms with Crippen LogP contribution in [0, 0.1) is 23.2 Å². The van der Waals surface area contributed by atoms with Gasteiger partial charge < -0.3 is 0 Å². The molecule has 0 heterocycles. The van der Waals surface area contributed by atoms with Crippen LogP contribution in [0.5, 0.6) is 0 Å². The molecule has 1 rings (SSSR count). The summed E-state index contributed by atoms with van der Waals surface area (Å²) >= 11 is 0. The maximum Gasteiger partial charge on any atom is 0.0981 e. The van der Waals surface area contributed by atoms with Gasteiger partial charge in [-0.3, -0.25) is 5.32 Å². The van der Waals surface area contributed by atoms with Crippen LogP contribution in [0.2, 0.25) is 0 Å². The molecule has 0 aliphatic rings. The first kappa shape index (κ1) is 13.7. The van der Waals surface area contributed by atoms with E-state index in [1.165, 1.54) is 5.56 Å². The minimum atomic E-state index is -0.0578. The van der Waals surface area contributed by atoms with Crippen molar-refractivity contribution in [3.05, 3.63) is 35.9 Å². The fourth-order valence-corrected chi connectivity index (χ4v) is 2.08. The van der Waals surface area contributed by atoms with Crippen LogP contribution in [0.4, 0.5) is 0 Å². The third-order valence-corrected chi connectivity index (χ3v) is 2.92. The SMILES string of the molecule is CC(C)CC(C)C(C#N)NCc1ccccc1. The highest BCUT2D eigenvalue weighted by Gasteiger charge is 2.16. The molecule has 0 aliphatic carbocycles. The Bertz CT molecular complexity index is 351. The summed E-state index contributed by atoms with van der Waals surface area (Å²) in [6.45, 7) is 7.30. The number of benzene rings is 1. The molecule has 1 aromatic rings. The lowest BCUT2D eigenvalue weighted by molar-refractivity contribution is 0.367. The molecule has 0 bridgehead atoms. The Labute approximate surface area is 105 Å². The highest BCUT2D eigenvalue weighted by molar-refractivity contribution is 5.14. The summed E-state index contributed by atoms with van der Waals surface area (Å²) in [5.41, 5.74) is 1.23. The van der Waals surface area contributed by atoms with Crippen LogP contribution in [0.15, 0.2) is 30.3 Å². The van der Waals surface area contributed by atoms with E-state index in [1.807, 2.05) is 18.2 Å². The van der Waals surface area contributed by atoms with Gasteiger partial charge in [-0.2, -0.15) is 5.26 Å². The summed E-state index contributed by atoms with van der Waals surface area (Å²) in [7, 11) is 0. The molecule has 2 atom stereocenters. The van der Waals surface area contributed by atoms with E-state index < -0.39 is 0 Å². The Balaban J connectivity index is 2.45. The van der Waals surface area contributed by atoms with Gasteiger partial charge in [0.2, 0.25) is 0 Å². The van der Waals surface area contributed by atoms with Crippen LogP contribution in [-0.4, -0.2) is 6.04 Å². The molecule has 1 aromatic carbocycles. The molecule has 0 saturated heterocycles. The monoisotopic (exact) mass is 230 g/mol. The van der Waals surface area contributed by atoms with E-state index in [9.17, 15) is 5.26 Å². The van der Waals surface area contributed by atoms with Gasteiger partial charge in [-0.05, 0) is 23.8 Å². The van der Waals surface area contributed by atoms with E-state index in [0.717, 1.165) is 13.0 Å². The molecule has 0 aliphatic heterocycles. The lowest BCUT2D eigenvalue weighted by Crippen LogP contribution is -2.33. The molecular formula is C15H22N2. The molecule has 0 fully saturated rings. The largest absolute Gasteiger partial charge is 0.298 e. The molecular weight excluding hydrogens is 208 g/mol. The molecule has 1 N–H and O–H groups in total. The molecule has 2 unspecified atom stereocenters. The summed E-state index contributed by atoms with van der Waals surface area (Å²) in [6, 6.07) is 12.5. The Morgan fingerprint density at radius 3 is 2.35 bits per heavy atom. The third-order valence-electron chi connectivity index (χ3n) is 2.92. The van der Waals surface area contributed by atoms with Crippen LogP contribution < -0.4 is 5.32 Å². The zero-order valence-corrected chi connectivity index (χ0v) is 11.0. The van der Waals surface area contributed by atoms with Crippen molar-refractivity contribution in [3.63, 3.8) is 0 Å². The van der Waals surface area contributed by atoms with Crippen molar-refractivity contribution in [1.82, 2.24) is 5.32 Å². The standard InChI is InChI=1S/C15H22N2/c1-12(2)9-13(3)15(10-16)17-11-14-7-5-4-6-8-14/h4-8,12-13,15,17H,9,11H2,1-3H3. The first-order valence-corrected chi connectivity index (χ1v) is 6.30. The first-order valence-electron chi connectivity index (χ1n) is 6.30. The fraction of sp³-hybridized carbons (Fsp3) is 0.533. The highest BCUT2D eigenvalue weighted by atomic mass is 14.9. The first-order chi connectivity index (χ1) is 8.13. The van der Waals surface area contributed by atoms with Crippen molar-refractivity contribution in [2.75, 3.05) is 0 Å². The van der Waals surface area contributed by atoms with Crippen molar-refractivity contribution < 1.29 is 0 Å². The number of nitrogens with one attached hydrogen (secondary N) is 1. The maximum atomic E-state index is 9.17. The van der Waals surface area contributed by atoms with E-state index in [2.05, 4.69) is 44.3 Å². The van der Waals surface area contributed by atoms with Gasteiger partial charge in [0.25, 0.3) is 0 Å². The van der Waals surface area contributed by atoms with E-state index in [1.54, 1.807) is 0 Å². The summed E-state index contributed by atoms with van der Waals surface area (Å²) < 4.78 is 0. The smallest absolute Gasteiger partial charge is 0.0981 e. The lowest BCUT2D eigenvalue weighted by atomic mass is 9.92. The third kappa shape index (κ3) is 5.01. The Hall–Kier alpha value is -1.33. The maximum absolute atomic E-state index is 9.17. The second-order valence-electron chi connectivity index (χ2n) is 5.08. The summed E-state index contributed by atoms with van der Waals surface area (Å²) in [4.78, 5) is 0. The second-order valence-corrected chi connectivity index (χ2v) is 5.08. The van der Waals surface area contributed by atoms with Crippen LogP contribution >= 0.6 is 0 Å². The summed E-state index contributed by atoms with van der Waals surface area (Å²) in [5, 5.41) is 12.5. The zero-order chi connectivity index (χ0) is 12.7. The van der Waals surface area contributed by atoms with Crippen LogP contribution in [0.3, 0.4) is 0 Å². The molecule has 0 aromatic heterocycles. The number of rotatable bonds is 6. The van der Waals surface area contributed by atoms with E-state index in [4.69, 9.17) is 0 Å². The molecule has 0 radical (unpaired) electrons. The predicted molar refractivity (Wildman–Crippen MR) is 71.3 cm³/mol. The van der Waals surface area contributed by atoms with E-state index >= 15 is 0 Å². The number of nitrogens with zero attached hydrogens (tertiary/aromatic N) is 1. The van der Waals surface area contributed by atoms with Crippen LogP contribution in [0.1, 0.15) is 32.8 Å². The van der Waals surface area contributed by atoms with E-state index in [0.29, 0.717) is 11.8 Å². The number of hydrogen-bond acceptors (Lipinski definition) is 2. The van der Waals surface area contributed by atoms with E-state index in [-0.39, 0.29) is 6.04 Å². The normalized spacial score (nSPS) is 14.3. The molecule has 17 heavy (non-hydrogen) atoms. The molecule has 2 heteroatoms. The average Bonchev–Trinajstić information content (AvgIpc) is 2.30. The fourth-order valence-electron chi connectivity index (χ4n) is 2.08. The molecule has 0 spiro atoms. The van der Waals surface area contributed by atoms with Crippen molar-refractivity contribution >= 4 is 0 Å². The Kier molecular flexibility index (Phi) is 5.72. The van der Waals surface area contributed by atoms with Gasteiger partial charge in [0.15, 0.2) is 0 Å². The summed E-state index contributed by atoms with van der Waals surface area (Å²) in [6.07, 6.45) is 1.08. The Morgan fingerprint density at radius 1 is 1.18 bits per heavy atom. The van der Waals surface area contributed by atoms with Crippen LogP contribution in [-0.2, 0) is 6.54 Å². The second kappa shape index (κ2) is 7.09. The van der Waals surface area contributed by atoms with Crippen molar-refractivity contribution in [2.45, 2.75) is 39.8 Å². The highest BCUT2D eigenvalue weighted by Crippen LogP contribution is 2.15. The quantitative estimate of drug-likeness (QED) is 0.813.